The molecular formula is C25H29N5O. The van der Waals surface area contributed by atoms with Crippen LogP contribution in [0, 0.1) is 6.92 Å². The van der Waals surface area contributed by atoms with Gasteiger partial charge >= 0.3 is 0 Å². The number of carbonyl (C=O) groups is 1. The molecule has 6 nitrogen and oxygen atoms in total. The average molecular weight is 416 g/mol. The van der Waals surface area contributed by atoms with Crippen molar-refractivity contribution in [2.24, 2.45) is 5.73 Å². The minimum absolute atomic E-state index is 0.00418. The van der Waals surface area contributed by atoms with Gasteiger partial charge < -0.3 is 16.4 Å². The quantitative estimate of drug-likeness (QED) is 0.581. The Kier molecular flexibility index (Phi) is 5.32. The second-order valence-electron chi connectivity index (χ2n) is 8.94. The van der Waals surface area contributed by atoms with E-state index in [2.05, 4.69) is 34.7 Å². The molecule has 0 spiro atoms. The highest BCUT2D eigenvalue weighted by atomic mass is 16.1. The third kappa shape index (κ3) is 4.39. The Morgan fingerprint density at radius 1 is 1.06 bits per heavy atom. The Balaban J connectivity index is 1.40. The SMILES string of the molecule is Cc1ccc(C(=O)NC2CC2)cc1-c1ccc2nc(N[C@H]3CCCC[C@@H]3N)ncc2c1. The summed E-state index contributed by atoms with van der Waals surface area (Å²) in [7, 11) is 0. The molecular weight excluding hydrogens is 386 g/mol. The molecule has 0 unspecified atom stereocenters. The third-order valence-electron chi connectivity index (χ3n) is 6.44. The number of rotatable bonds is 5. The number of hydrogen-bond acceptors (Lipinski definition) is 5. The van der Waals surface area contributed by atoms with E-state index in [9.17, 15) is 4.79 Å². The smallest absolute Gasteiger partial charge is 0.251 e. The molecule has 2 saturated carbocycles. The molecule has 1 amide bonds. The molecule has 0 radical (unpaired) electrons. The van der Waals surface area contributed by atoms with Gasteiger partial charge in [-0.3, -0.25) is 4.79 Å². The fraction of sp³-hybridized carbons (Fsp3) is 0.400. The van der Waals surface area contributed by atoms with E-state index in [0.29, 0.717) is 17.6 Å². The Morgan fingerprint density at radius 3 is 2.71 bits per heavy atom. The van der Waals surface area contributed by atoms with Crippen LogP contribution in [0.5, 0.6) is 0 Å². The zero-order chi connectivity index (χ0) is 21.4. The summed E-state index contributed by atoms with van der Waals surface area (Å²) >= 11 is 0. The maximum atomic E-state index is 12.5. The van der Waals surface area contributed by atoms with E-state index in [-0.39, 0.29) is 18.0 Å². The van der Waals surface area contributed by atoms with Crippen LogP contribution in [0.2, 0.25) is 0 Å². The minimum atomic E-state index is 0.00418. The van der Waals surface area contributed by atoms with E-state index in [4.69, 9.17) is 10.7 Å². The van der Waals surface area contributed by atoms with Crippen molar-refractivity contribution in [3.63, 3.8) is 0 Å². The van der Waals surface area contributed by atoms with Gasteiger partial charge in [-0.15, -0.1) is 0 Å². The fourth-order valence-electron chi connectivity index (χ4n) is 4.35. The van der Waals surface area contributed by atoms with E-state index in [0.717, 1.165) is 53.3 Å². The molecule has 2 aliphatic rings. The molecule has 160 valence electrons. The van der Waals surface area contributed by atoms with Crippen LogP contribution in [0.3, 0.4) is 0 Å². The first-order valence-corrected chi connectivity index (χ1v) is 11.3. The summed E-state index contributed by atoms with van der Waals surface area (Å²) in [5.74, 6) is 0.641. The predicted molar refractivity (Wildman–Crippen MR) is 124 cm³/mol. The standard InChI is InChI=1S/C25H29N5O/c1-15-6-7-17(24(31)28-19-9-10-19)13-20(15)16-8-11-22-18(12-16)14-27-25(29-22)30-23-5-3-2-4-21(23)26/h6-8,11-14,19,21,23H,2-5,9-10,26H2,1H3,(H,28,31)(H,27,29,30)/t21-,23-/m0/s1. The van der Waals surface area contributed by atoms with Crippen molar-refractivity contribution in [1.29, 1.82) is 0 Å². The molecule has 2 aliphatic carbocycles. The van der Waals surface area contributed by atoms with Gasteiger partial charge in [0, 0.05) is 35.3 Å². The Hall–Kier alpha value is -2.99. The lowest BCUT2D eigenvalue weighted by Gasteiger charge is -2.29. The summed E-state index contributed by atoms with van der Waals surface area (Å²) in [6.07, 6.45) is 8.53. The lowest BCUT2D eigenvalue weighted by atomic mass is 9.91. The number of nitrogens with two attached hydrogens (primary N) is 1. The highest BCUT2D eigenvalue weighted by Gasteiger charge is 2.24. The molecule has 4 N–H and O–H groups in total. The van der Waals surface area contributed by atoms with E-state index < -0.39 is 0 Å². The summed E-state index contributed by atoms with van der Waals surface area (Å²) < 4.78 is 0. The number of carbonyl (C=O) groups excluding carboxylic acids is 1. The lowest BCUT2D eigenvalue weighted by molar-refractivity contribution is 0.0951. The van der Waals surface area contributed by atoms with Gasteiger partial charge in [-0.2, -0.15) is 0 Å². The lowest BCUT2D eigenvalue weighted by Crippen LogP contribution is -2.42. The zero-order valence-corrected chi connectivity index (χ0v) is 17.9. The normalized spacial score (nSPS) is 21.1. The van der Waals surface area contributed by atoms with Crippen LogP contribution in [0.4, 0.5) is 5.95 Å². The fourth-order valence-corrected chi connectivity index (χ4v) is 4.35. The van der Waals surface area contributed by atoms with Crippen LogP contribution in [0.15, 0.2) is 42.6 Å². The van der Waals surface area contributed by atoms with Gasteiger partial charge in [0.2, 0.25) is 5.95 Å². The highest BCUT2D eigenvalue weighted by Crippen LogP contribution is 2.29. The van der Waals surface area contributed by atoms with Crippen molar-refractivity contribution < 1.29 is 4.79 Å². The second kappa shape index (κ2) is 8.27. The highest BCUT2D eigenvalue weighted by molar-refractivity contribution is 5.96. The van der Waals surface area contributed by atoms with Crippen LogP contribution in [-0.2, 0) is 0 Å². The molecule has 3 aromatic rings. The summed E-state index contributed by atoms with van der Waals surface area (Å²) in [6, 6.07) is 12.8. The van der Waals surface area contributed by atoms with Gasteiger partial charge in [-0.05, 0) is 73.6 Å². The van der Waals surface area contributed by atoms with Crippen LogP contribution in [0.1, 0.15) is 54.4 Å². The van der Waals surface area contributed by atoms with E-state index in [1.165, 1.54) is 12.8 Å². The number of aryl methyl sites for hydroxylation is 1. The average Bonchev–Trinajstić information content (AvgIpc) is 3.59. The van der Waals surface area contributed by atoms with Gasteiger partial charge in [0.15, 0.2) is 0 Å². The summed E-state index contributed by atoms with van der Waals surface area (Å²) in [4.78, 5) is 21.7. The first-order chi connectivity index (χ1) is 15.1. The number of aromatic nitrogens is 2. The molecule has 0 bridgehead atoms. The van der Waals surface area contributed by atoms with Gasteiger partial charge in [-0.25, -0.2) is 9.97 Å². The Bertz CT molecular complexity index is 1120. The predicted octanol–water partition coefficient (Wildman–Crippen LogP) is 4.18. The third-order valence-corrected chi connectivity index (χ3v) is 6.44. The number of fused-ring (bicyclic) bond motifs is 1. The van der Waals surface area contributed by atoms with Crippen molar-refractivity contribution >= 4 is 22.8 Å². The second-order valence-corrected chi connectivity index (χ2v) is 8.94. The Morgan fingerprint density at radius 2 is 1.90 bits per heavy atom. The topological polar surface area (TPSA) is 92.9 Å². The van der Waals surface area contributed by atoms with E-state index in [1.807, 2.05) is 30.5 Å². The molecule has 31 heavy (non-hydrogen) atoms. The van der Waals surface area contributed by atoms with Crippen molar-refractivity contribution in [1.82, 2.24) is 15.3 Å². The van der Waals surface area contributed by atoms with Crippen molar-refractivity contribution in [2.45, 2.75) is 63.6 Å². The van der Waals surface area contributed by atoms with E-state index in [1.54, 1.807) is 0 Å². The number of hydrogen-bond donors (Lipinski definition) is 3. The summed E-state index contributed by atoms with van der Waals surface area (Å²) in [5.41, 5.74) is 11.1. The van der Waals surface area contributed by atoms with Crippen LogP contribution in [0.25, 0.3) is 22.0 Å². The van der Waals surface area contributed by atoms with Gasteiger partial charge in [0.1, 0.15) is 0 Å². The maximum Gasteiger partial charge on any atom is 0.251 e. The summed E-state index contributed by atoms with van der Waals surface area (Å²) in [6.45, 7) is 2.07. The molecule has 2 atom stereocenters. The van der Waals surface area contributed by atoms with Crippen LogP contribution >= 0.6 is 0 Å². The Labute approximate surface area is 182 Å². The van der Waals surface area contributed by atoms with Crippen molar-refractivity contribution in [3.05, 3.63) is 53.7 Å². The molecule has 5 rings (SSSR count). The number of nitrogens with zero attached hydrogens (tertiary/aromatic N) is 2. The first kappa shape index (κ1) is 19.9. The van der Waals surface area contributed by atoms with Crippen molar-refractivity contribution in [2.75, 3.05) is 5.32 Å². The molecule has 2 fully saturated rings. The largest absolute Gasteiger partial charge is 0.350 e. The minimum Gasteiger partial charge on any atom is -0.350 e. The molecule has 1 aromatic heterocycles. The number of anilines is 1. The molecule has 6 heteroatoms. The zero-order valence-electron chi connectivity index (χ0n) is 17.9. The van der Waals surface area contributed by atoms with Crippen LogP contribution < -0.4 is 16.4 Å². The molecule has 0 saturated heterocycles. The van der Waals surface area contributed by atoms with Crippen molar-refractivity contribution in [3.8, 4) is 11.1 Å². The number of amides is 1. The molecule has 2 aromatic carbocycles. The van der Waals surface area contributed by atoms with E-state index >= 15 is 0 Å². The monoisotopic (exact) mass is 415 g/mol. The van der Waals surface area contributed by atoms with Gasteiger partial charge in [-0.1, -0.05) is 25.0 Å². The van der Waals surface area contributed by atoms with Gasteiger partial charge in [0.05, 0.1) is 5.52 Å². The maximum absolute atomic E-state index is 12.5. The molecule has 0 aliphatic heterocycles. The molecule has 1 heterocycles. The van der Waals surface area contributed by atoms with Gasteiger partial charge in [0.25, 0.3) is 5.91 Å². The first-order valence-electron chi connectivity index (χ1n) is 11.3. The van der Waals surface area contributed by atoms with Crippen LogP contribution in [-0.4, -0.2) is 34.0 Å². The number of benzene rings is 2. The number of nitrogens with one attached hydrogen (secondary N) is 2. The summed E-state index contributed by atoms with van der Waals surface area (Å²) in [5, 5.41) is 7.47.